The molecule has 1 amide bonds. The number of hydrogen-bond acceptors (Lipinski definition) is 3. The second kappa shape index (κ2) is 5.53. The van der Waals surface area contributed by atoms with Crippen LogP contribution in [0.2, 0.25) is 0 Å². The fraction of sp³-hybridized carbons (Fsp3) is 0.636. The zero-order valence-electron chi connectivity index (χ0n) is 9.62. The highest BCUT2D eigenvalue weighted by molar-refractivity contribution is 5.78. The summed E-state index contributed by atoms with van der Waals surface area (Å²) in [5, 5.41) is 0. The van der Waals surface area contributed by atoms with E-state index in [-0.39, 0.29) is 5.91 Å². The first-order chi connectivity index (χ1) is 7.15. The molecule has 0 aliphatic heterocycles. The molecule has 1 heterocycles. The van der Waals surface area contributed by atoms with Crippen LogP contribution in [-0.4, -0.2) is 29.4 Å². The molecule has 0 unspecified atom stereocenters. The number of likely N-dealkylation sites (N-methyl/N-ethyl adjacent to an activating group) is 1. The van der Waals surface area contributed by atoms with Gasteiger partial charge in [0, 0.05) is 13.6 Å². The second-order valence-corrected chi connectivity index (χ2v) is 3.71. The first kappa shape index (κ1) is 11.8. The maximum absolute atomic E-state index is 11.7. The van der Waals surface area contributed by atoms with Crippen molar-refractivity contribution in [3.8, 4) is 0 Å². The number of hydrogen-bond donors (Lipinski definition) is 0. The lowest BCUT2D eigenvalue weighted by Crippen LogP contribution is -2.29. The number of carbonyl (C=O) groups is 1. The van der Waals surface area contributed by atoms with E-state index >= 15 is 0 Å². The first-order valence-electron chi connectivity index (χ1n) is 5.28. The van der Waals surface area contributed by atoms with E-state index in [4.69, 9.17) is 4.42 Å². The van der Waals surface area contributed by atoms with Crippen molar-refractivity contribution >= 4 is 5.91 Å². The van der Waals surface area contributed by atoms with Gasteiger partial charge < -0.3 is 9.32 Å². The minimum absolute atomic E-state index is 0.0864. The summed E-state index contributed by atoms with van der Waals surface area (Å²) in [7, 11) is 1.82. The van der Waals surface area contributed by atoms with Gasteiger partial charge in [-0.3, -0.25) is 4.79 Å². The molecule has 1 aromatic heterocycles. The monoisotopic (exact) mass is 210 g/mol. The van der Waals surface area contributed by atoms with Gasteiger partial charge in [-0.15, -0.1) is 0 Å². The number of carbonyl (C=O) groups excluding carboxylic acids is 1. The van der Waals surface area contributed by atoms with E-state index in [0.29, 0.717) is 12.2 Å². The van der Waals surface area contributed by atoms with Crippen LogP contribution in [0.3, 0.4) is 0 Å². The maximum Gasteiger partial charge on any atom is 0.230 e. The summed E-state index contributed by atoms with van der Waals surface area (Å²) in [5.74, 6) is 0.756. The van der Waals surface area contributed by atoms with Crippen LogP contribution in [0.15, 0.2) is 10.8 Å². The highest BCUT2D eigenvalue weighted by Crippen LogP contribution is 2.07. The topological polar surface area (TPSA) is 46.3 Å². The van der Waals surface area contributed by atoms with Crippen LogP contribution in [0.25, 0.3) is 0 Å². The lowest BCUT2D eigenvalue weighted by Gasteiger charge is -2.15. The van der Waals surface area contributed by atoms with Gasteiger partial charge in [-0.2, -0.15) is 0 Å². The third-order valence-electron chi connectivity index (χ3n) is 2.43. The lowest BCUT2D eigenvalue weighted by molar-refractivity contribution is -0.129. The first-order valence-corrected chi connectivity index (χ1v) is 5.28. The molecule has 15 heavy (non-hydrogen) atoms. The third-order valence-corrected chi connectivity index (χ3v) is 2.43. The average molecular weight is 210 g/mol. The maximum atomic E-state index is 11.7. The van der Waals surface area contributed by atoms with E-state index in [1.54, 1.807) is 4.90 Å². The Kier molecular flexibility index (Phi) is 4.34. The van der Waals surface area contributed by atoms with Crippen LogP contribution >= 0.6 is 0 Å². The Labute approximate surface area is 90.3 Å². The Morgan fingerprint density at radius 2 is 2.33 bits per heavy atom. The van der Waals surface area contributed by atoms with E-state index < -0.39 is 0 Å². The number of aryl methyl sites for hydroxylation is 1. The van der Waals surface area contributed by atoms with Crippen LogP contribution in [0.4, 0.5) is 0 Å². The van der Waals surface area contributed by atoms with Crippen LogP contribution in [0, 0.1) is 6.92 Å². The minimum atomic E-state index is 0.0864. The van der Waals surface area contributed by atoms with Crippen molar-refractivity contribution in [3.05, 3.63) is 17.8 Å². The predicted molar refractivity (Wildman–Crippen MR) is 57.5 cm³/mol. The molecule has 4 nitrogen and oxygen atoms in total. The molecule has 0 saturated heterocycles. The fourth-order valence-electron chi connectivity index (χ4n) is 1.29. The Morgan fingerprint density at radius 1 is 1.60 bits per heavy atom. The van der Waals surface area contributed by atoms with Crippen molar-refractivity contribution in [2.45, 2.75) is 33.1 Å². The van der Waals surface area contributed by atoms with Gasteiger partial charge in [0.2, 0.25) is 5.91 Å². The number of unbranched alkanes of at least 4 members (excludes halogenated alkanes) is 1. The van der Waals surface area contributed by atoms with Gasteiger partial charge in [-0.25, -0.2) is 4.98 Å². The molecule has 0 aliphatic rings. The second-order valence-electron chi connectivity index (χ2n) is 3.71. The number of rotatable bonds is 5. The standard InChI is InChI=1S/C11H18N2O2/c1-4-5-6-13(3)11(14)7-10-9(2)12-8-15-10/h8H,4-7H2,1-3H3. The summed E-state index contributed by atoms with van der Waals surface area (Å²) in [5.41, 5.74) is 0.798. The van der Waals surface area contributed by atoms with Crippen molar-refractivity contribution in [2.24, 2.45) is 0 Å². The predicted octanol–water partition coefficient (Wildman–Crippen LogP) is 1.78. The van der Waals surface area contributed by atoms with E-state index in [9.17, 15) is 4.79 Å². The van der Waals surface area contributed by atoms with Crippen molar-refractivity contribution in [3.63, 3.8) is 0 Å². The molecule has 0 radical (unpaired) electrons. The molecule has 84 valence electrons. The highest BCUT2D eigenvalue weighted by Gasteiger charge is 2.13. The van der Waals surface area contributed by atoms with Crippen LogP contribution in [0.1, 0.15) is 31.2 Å². The molecular formula is C11H18N2O2. The average Bonchev–Trinajstić information content (AvgIpc) is 2.61. The Bertz CT molecular complexity index is 320. The molecule has 0 aliphatic carbocycles. The molecule has 4 heteroatoms. The lowest BCUT2D eigenvalue weighted by atomic mass is 10.2. The molecule has 1 rings (SSSR count). The SMILES string of the molecule is CCCCN(C)C(=O)Cc1ocnc1C. The van der Waals surface area contributed by atoms with Crippen molar-refractivity contribution in [1.82, 2.24) is 9.88 Å². The highest BCUT2D eigenvalue weighted by atomic mass is 16.3. The van der Waals surface area contributed by atoms with E-state index in [2.05, 4.69) is 11.9 Å². The third kappa shape index (κ3) is 3.38. The number of nitrogens with zero attached hydrogens (tertiary/aromatic N) is 2. The van der Waals surface area contributed by atoms with E-state index in [1.807, 2.05) is 14.0 Å². The minimum Gasteiger partial charge on any atom is -0.448 e. The fourth-order valence-corrected chi connectivity index (χ4v) is 1.29. The van der Waals surface area contributed by atoms with Gasteiger partial charge in [-0.1, -0.05) is 13.3 Å². The zero-order valence-corrected chi connectivity index (χ0v) is 9.62. The Morgan fingerprint density at radius 3 is 2.87 bits per heavy atom. The van der Waals surface area contributed by atoms with E-state index in [0.717, 1.165) is 25.1 Å². The van der Waals surface area contributed by atoms with Gasteiger partial charge >= 0.3 is 0 Å². The molecule has 0 saturated carbocycles. The molecular weight excluding hydrogens is 192 g/mol. The Hall–Kier alpha value is -1.32. The van der Waals surface area contributed by atoms with Crippen molar-refractivity contribution in [2.75, 3.05) is 13.6 Å². The van der Waals surface area contributed by atoms with Gasteiger partial charge in [0.1, 0.15) is 5.76 Å². The largest absolute Gasteiger partial charge is 0.448 e. The summed E-state index contributed by atoms with van der Waals surface area (Å²) in [6.45, 7) is 4.76. The van der Waals surface area contributed by atoms with Gasteiger partial charge in [-0.05, 0) is 13.3 Å². The van der Waals surface area contributed by atoms with Crippen molar-refractivity contribution < 1.29 is 9.21 Å². The summed E-state index contributed by atoms with van der Waals surface area (Å²) >= 11 is 0. The van der Waals surface area contributed by atoms with E-state index in [1.165, 1.54) is 6.39 Å². The number of oxazole rings is 1. The normalized spacial score (nSPS) is 10.3. The molecule has 1 aromatic rings. The van der Waals surface area contributed by atoms with Gasteiger partial charge in [0.05, 0.1) is 12.1 Å². The summed E-state index contributed by atoms with van der Waals surface area (Å²) < 4.78 is 5.13. The molecule has 0 bridgehead atoms. The number of aromatic nitrogens is 1. The Balaban J connectivity index is 2.45. The van der Waals surface area contributed by atoms with Crippen LogP contribution < -0.4 is 0 Å². The van der Waals surface area contributed by atoms with Gasteiger partial charge in [0.15, 0.2) is 6.39 Å². The molecule has 0 fully saturated rings. The van der Waals surface area contributed by atoms with Crippen LogP contribution in [-0.2, 0) is 11.2 Å². The molecule has 0 aromatic carbocycles. The van der Waals surface area contributed by atoms with Gasteiger partial charge in [0.25, 0.3) is 0 Å². The molecule has 0 spiro atoms. The molecule has 0 N–H and O–H groups in total. The summed E-state index contributed by atoms with van der Waals surface area (Å²) in [6, 6.07) is 0. The quantitative estimate of drug-likeness (QED) is 0.744. The summed E-state index contributed by atoms with van der Waals surface area (Å²) in [4.78, 5) is 17.4. The van der Waals surface area contributed by atoms with Crippen molar-refractivity contribution in [1.29, 1.82) is 0 Å². The van der Waals surface area contributed by atoms with Crippen LogP contribution in [0.5, 0.6) is 0 Å². The summed E-state index contributed by atoms with van der Waals surface area (Å²) in [6.07, 6.45) is 3.83. The zero-order chi connectivity index (χ0) is 11.3. The molecule has 0 atom stereocenters. The number of amides is 1. The smallest absolute Gasteiger partial charge is 0.230 e.